The van der Waals surface area contributed by atoms with Crippen LogP contribution < -0.4 is 0 Å². The minimum absolute atomic E-state index is 0.0615. The highest BCUT2D eigenvalue weighted by Gasteiger charge is 2.06. The molecule has 0 radical (unpaired) electrons. The quantitative estimate of drug-likeness (QED) is 0.554. The smallest absolute Gasteiger partial charge is 0.0861 e. The van der Waals surface area contributed by atoms with Crippen molar-refractivity contribution in [3.05, 3.63) is 9.81 Å². The van der Waals surface area contributed by atoms with E-state index in [-0.39, 0.29) is 25.6 Å². The van der Waals surface area contributed by atoms with Gasteiger partial charge in [-0.3, -0.25) is 0 Å². The van der Waals surface area contributed by atoms with Gasteiger partial charge in [0.1, 0.15) is 0 Å². The Morgan fingerprint density at radius 3 is 2.40 bits per heavy atom. The van der Waals surface area contributed by atoms with E-state index in [4.69, 9.17) is 5.11 Å². The molecule has 5 nitrogen and oxygen atoms in total. The second-order valence-corrected chi connectivity index (χ2v) is 2.00. The predicted octanol–water partition coefficient (Wildman–Crippen LogP) is 0.518. The first-order valence-corrected chi connectivity index (χ1v) is 3.04. The Balaban J connectivity index is 3.38. The zero-order valence-electron chi connectivity index (χ0n) is 5.56. The molecule has 10 heavy (non-hydrogen) atoms. The van der Waals surface area contributed by atoms with Crippen LogP contribution in [0.25, 0.3) is 0 Å². The Hall–Kier alpha value is -0.840. The standard InChI is InChI=1S/C5H10N2O3/c8-4-5(3-7-10)1-2-6-9/h5,8H,1-4H2. The van der Waals surface area contributed by atoms with E-state index in [0.717, 1.165) is 0 Å². The Morgan fingerprint density at radius 1 is 1.30 bits per heavy atom. The van der Waals surface area contributed by atoms with Crippen LogP contribution in [0.3, 0.4) is 0 Å². The van der Waals surface area contributed by atoms with E-state index in [1.54, 1.807) is 0 Å². The molecule has 0 fully saturated rings. The van der Waals surface area contributed by atoms with Crippen molar-refractivity contribution in [3.8, 4) is 0 Å². The molecule has 0 aromatic heterocycles. The first-order chi connectivity index (χ1) is 4.85. The van der Waals surface area contributed by atoms with E-state index in [1.807, 2.05) is 0 Å². The van der Waals surface area contributed by atoms with Crippen LogP contribution in [0.1, 0.15) is 6.42 Å². The lowest BCUT2D eigenvalue weighted by Crippen LogP contribution is -2.10. The van der Waals surface area contributed by atoms with Gasteiger partial charge in [0, 0.05) is 12.5 Å². The summed E-state index contributed by atoms with van der Waals surface area (Å²) < 4.78 is 0. The maximum Gasteiger partial charge on any atom is 0.0861 e. The molecule has 0 aliphatic carbocycles. The van der Waals surface area contributed by atoms with Crippen LogP contribution in [0, 0.1) is 15.7 Å². The SMILES string of the molecule is O=NCCC(CO)CN=O. The summed E-state index contributed by atoms with van der Waals surface area (Å²) in [5.74, 6) is -0.199. The third kappa shape index (κ3) is 4.08. The first-order valence-electron chi connectivity index (χ1n) is 3.04. The van der Waals surface area contributed by atoms with Crippen LogP contribution in [0.2, 0.25) is 0 Å². The third-order valence-electron chi connectivity index (χ3n) is 1.22. The van der Waals surface area contributed by atoms with Crippen molar-refractivity contribution in [3.63, 3.8) is 0 Å². The largest absolute Gasteiger partial charge is 0.396 e. The molecule has 0 aromatic rings. The zero-order chi connectivity index (χ0) is 7.82. The maximum absolute atomic E-state index is 9.67. The van der Waals surface area contributed by atoms with Crippen LogP contribution in [0.5, 0.6) is 0 Å². The normalized spacial score (nSPS) is 12.5. The van der Waals surface area contributed by atoms with Gasteiger partial charge in [-0.25, -0.2) is 0 Å². The van der Waals surface area contributed by atoms with Crippen LogP contribution in [0.15, 0.2) is 10.4 Å². The van der Waals surface area contributed by atoms with Crippen molar-refractivity contribution in [2.24, 2.45) is 16.3 Å². The minimum Gasteiger partial charge on any atom is -0.396 e. The molecule has 0 aliphatic heterocycles. The van der Waals surface area contributed by atoms with Crippen LogP contribution in [-0.2, 0) is 0 Å². The summed E-state index contributed by atoms with van der Waals surface area (Å²) in [7, 11) is 0. The van der Waals surface area contributed by atoms with Crippen molar-refractivity contribution in [2.45, 2.75) is 6.42 Å². The van der Waals surface area contributed by atoms with Gasteiger partial charge < -0.3 is 5.11 Å². The Morgan fingerprint density at radius 2 is 2.00 bits per heavy atom. The minimum atomic E-state index is -0.199. The van der Waals surface area contributed by atoms with Gasteiger partial charge >= 0.3 is 0 Å². The molecule has 0 amide bonds. The van der Waals surface area contributed by atoms with Crippen molar-refractivity contribution >= 4 is 0 Å². The zero-order valence-corrected chi connectivity index (χ0v) is 5.56. The average Bonchev–Trinajstić information content (AvgIpc) is 1.98. The molecule has 0 saturated heterocycles. The van der Waals surface area contributed by atoms with Gasteiger partial charge in [0.25, 0.3) is 0 Å². The molecule has 58 valence electrons. The van der Waals surface area contributed by atoms with Gasteiger partial charge in [-0.15, -0.1) is 0 Å². The van der Waals surface area contributed by atoms with E-state index in [0.29, 0.717) is 6.42 Å². The predicted molar refractivity (Wildman–Crippen MR) is 36.5 cm³/mol. The van der Waals surface area contributed by atoms with E-state index in [1.165, 1.54) is 0 Å². The fourth-order valence-electron chi connectivity index (χ4n) is 0.581. The molecule has 1 unspecified atom stereocenters. The van der Waals surface area contributed by atoms with Crippen molar-refractivity contribution in [1.29, 1.82) is 0 Å². The molecule has 1 N–H and O–H groups in total. The number of nitroso groups, excluding NO2 is 2. The summed E-state index contributed by atoms with van der Waals surface area (Å²) in [4.78, 5) is 19.3. The lowest BCUT2D eigenvalue weighted by atomic mass is 10.1. The molecule has 0 aliphatic rings. The lowest BCUT2D eigenvalue weighted by molar-refractivity contribution is 0.224. The van der Waals surface area contributed by atoms with E-state index < -0.39 is 0 Å². The van der Waals surface area contributed by atoms with Crippen molar-refractivity contribution < 1.29 is 5.11 Å². The van der Waals surface area contributed by atoms with Gasteiger partial charge in [0.2, 0.25) is 0 Å². The average molecular weight is 146 g/mol. The summed E-state index contributed by atoms with van der Waals surface area (Å²) >= 11 is 0. The summed E-state index contributed by atoms with van der Waals surface area (Å²) in [6.07, 6.45) is 0.436. The maximum atomic E-state index is 9.67. The lowest BCUT2D eigenvalue weighted by Gasteiger charge is -2.04. The summed E-state index contributed by atoms with van der Waals surface area (Å²) in [5, 5.41) is 13.7. The third-order valence-corrected chi connectivity index (χ3v) is 1.22. The molecule has 0 aromatic carbocycles. The Kier molecular flexibility index (Phi) is 5.75. The molecule has 0 spiro atoms. The molecule has 5 heteroatoms. The molecule has 1 atom stereocenters. The number of aliphatic hydroxyl groups excluding tert-OH is 1. The number of hydrogen-bond donors (Lipinski definition) is 1. The van der Waals surface area contributed by atoms with Gasteiger partial charge in [0.05, 0.1) is 13.1 Å². The molecule has 0 rings (SSSR count). The second kappa shape index (κ2) is 6.28. The van der Waals surface area contributed by atoms with Crippen molar-refractivity contribution in [1.82, 2.24) is 0 Å². The van der Waals surface area contributed by atoms with Crippen LogP contribution in [-0.4, -0.2) is 24.8 Å². The van der Waals surface area contributed by atoms with E-state index in [9.17, 15) is 9.81 Å². The number of rotatable bonds is 6. The highest BCUT2D eigenvalue weighted by Crippen LogP contribution is 2.01. The van der Waals surface area contributed by atoms with Crippen molar-refractivity contribution in [2.75, 3.05) is 19.7 Å². The summed E-state index contributed by atoms with van der Waals surface area (Å²) in [6, 6.07) is 0. The van der Waals surface area contributed by atoms with E-state index >= 15 is 0 Å². The van der Waals surface area contributed by atoms with E-state index in [2.05, 4.69) is 10.4 Å². The fourth-order valence-corrected chi connectivity index (χ4v) is 0.581. The molecular weight excluding hydrogens is 136 g/mol. The Bertz CT molecular complexity index is 107. The van der Waals surface area contributed by atoms with Gasteiger partial charge in [-0.05, 0) is 6.42 Å². The number of hydrogen-bond acceptors (Lipinski definition) is 5. The molecule has 0 bridgehead atoms. The molecule has 0 saturated carbocycles. The van der Waals surface area contributed by atoms with Gasteiger partial charge in [-0.2, -0.15) is 9.81 Å². The topological polar surface area (TPSA) is 79.1 Å². The highest BCUT2D eigenvalue weighted by molar-refractivity contribution is 4.61. The summed E-state index contributed by atoms with van der Waals surface area (Å²) in [5.41, 5.74) is 0. The monoisotopic (exact) mass is 146 g/mol. The van der Waals surface area contributed by atoms with Gasteiger partial charge in [-0.1, -0.05) is 10.4 Å². The fraction of sp³-hybridized carbons (Fsp3) is 1.00. The molecular formula is C5H10N2O3. The van der Waals surface area contributed by atoms with Crippen LogP contribution in [0.4, 0.5) is 0 Å². The Labute approximate surface area is 58.4 Å². The van der Waals surface area contributed by atoms with Crippen LogP contribution >= 0.6 is 0 Å². The number of nitrogens with zero attached hydrogens (tertiary/aromatic N) is 2. The number of aliphatic hydroxyl groups is 1. The second-order valence-electron chi connectivity index (χ2n) is 2.00. The summed E-state index contributed by atoms with van der Waals surface area (Å²) in [6.45, 7) is 0.0913. The highest BCUT2D eigenvalue weighted by atomic mass is 16.3. The molecule has 0 heterocycles. The van der Waals surface area contributed by atoms with Gasteiger partial charge in [0.15, 0.2) is 0 Å². The first kappa shape index (κ1) is 9.16.